The van der Waals surface area contributed by atoms with E-state index < -0.39 is 0 Å². The van der Waals surface area contributed by atoms with Crippen LogP contribution in [0.3, 0.4) is 0 Å². The molecule has 0 spiro atoms. The number of hydrogen-bond donors (Lipinski definition) is 0. The van der Waals surface area contributed by atoms with Crippen molar-refractivity contribution in [1.29, 1.82) is 0 Å². The van der Waals surface area contributed by atoms with E-state index in [0.29, 0.717) is 36.2 Å². The van der Waals surface area contributed by atoms with Crippen molar-refractivity contribution in [1.82, 2.24) is 9.80 Å². The van der Waals surface area contributed by atoms with Crippen LogP contribution in [-0.2, 0) is 9.59 Å². The molecule has 2 heterocycles. The average Bonchev–Trinajstić information content (AvgIpc) is 3.15. The van der Waals surface area contributed by atoms with Crippen molar-refractivity contribution in [3.63, 3.8) is 0 Å². The zero-order chi connectivity index (χ0) is 36.2. The van der Waals surface area contributed by atoms with Crippen LogP contribution >= 0.6 is 0 Å². The van der Waals surface area contributed by atoms with Crippen LogP contribution in [-0.4, -0.2) is 46.5 Å². The van der Waals surface area contributed by atoms with Crippen molar-refractivity contribution in [3.8, 4) is 11.1 Å². The first-order valence-corrected chi connectivity index (χ1v) is 19.7. The van der Waals surface area contributed by atoms with Gasteiger partial charge in [-0.2, -0.15) is 0 Å². The second kappa shape index (κ2) is 15.8. The van der Waals surface area contributed by atoms with Crippen LogP contribution in [0.5, 0.6) is 0 Å². The van der Waals surface area contributed by atoms with Crippen LogP contribution in [0, 0.1) is 0 Å². The van der Waals surface area contributed by atoms with E-state index in [1.165, 1.54) is 22.6 Å². The Kier molecular flexibility index (Phi) is 10.8. The Bertz CT molecular complexity index is 2020. The fourth-order valence-electron chi connectivity index (χ4n) is 8.45. The lowest BCUT2D eigenvalue weighted by Gasteiger charge is -2.35. The van der Waals surface area contributed by atoms with E-state index >= 15 is 0 Å². The summed E-state index contributed by atoms with van der Waals surface area (Å²) in [5.74, 6) is -0.691. The molecule has 3 aromatic carbocycles. The van der Waals surface area contributed by atoms with Gasteiger partial charge in [0.05, 0.1) is 0 Å². The molecule has 0 N–H and O–H groups in total. The molecule has 2 aliphatic heterocycles. The minimum atomic E-state index is -0.207. The van der Waals surface area contributed by atoms with Crippen molar-refractivity contribution >= 4 is 40.0 Å². The van der Waals surface area contributed by atoms with E-state index in [-0.39, 0.29) is 23.6 Å². The number of imide groups is 2. The van der Waals surface area contributed by atoms with Crippen molar-refractivity contribution in [2.45, 2.75) is 104 Å². The van der Waals surface area contributed by atoms with Crippen LogP contribution < -0.4 is 0 Å². The maximum absolute atomic E-state index is 13.9. The van der Waals surface area contributed by atoms with E-state index in [9.17, 15) is 19.2 Å². The van der Waals surface area contributed by atoms with Gasteiger partial charge in [-0.1, -0.05) is 126 Å². The van der Waals surface area contributed by atoms with Gasteiger partial charge in [-0.25, -0.2) is 0 Å². The van der Waals surface area contributed by atoms with Gasteiger partial charge in [0.1, 0.15) is 0 Å². The van der Waals surface area contributed by atoms with E-state index in [2.05, 4.69) is 50.3 Å². The van der Waals surface area contributed by atoms with Gasteiger partial charge in [-0.15, -0.1) is 0 Å². The zero-order valence-corrected chi connectivity index (χ0v) is 30.8. The molecule has 0 saturated carbocycles. The molecule has 0 unspecified atom stereocenters. The summed E-state index contributed by atoms with van der Waals surface area (Å²) in [5.41, 5.74) is 8.61. The fraction of sp³-hybridized carbons (Fsp3) is 0.391. The third kappa shape index (κ3) is 6.64. The molecule has 0 bridgehead atoms. The molecule has 4 amide bonds. The SMILES string of the molecule is CCCCCCCN1C(=O)C2=C3C(=C(c4ccc(-c5ccc6c7c(cccc57)C(=O)N(CCCCCCC)C6=O)cc4)CC2)/C=C\CC/C=C/3C1=O. The van der Waals surface area contributed by atoms with Gasteiger partial charge in [0.2, 0.25) is 0 Å². The highest BCUT2D eigenvalue weighted by atomic mass is 16.2. The van der Waals surface area contributed by atoms with E-state index in [0.717, 1.165) is 120 Å². The first kappa shape index (κ1) is 35.6. The summed E-state index contributed by atoms with van der Waals surface area (Å²) in [7, 11) is 0. The molecule has 6 nitrogen and oxygen atoms in total. The highest BCUT2D eigenvalue weighted by molar-refractivity contribution is 6.27. The predicted molar refractivity (Wildman–Crippen MR) is 209 cm³/mol. The molecule has 268 valence electrons. The number of unbranched alkanes of at least 4 members (excludes halogenated alkanes) is 8. The lowest BCUT2D eigenvalue weighted by Crippen LogP contribution is -2.44. The van der Waals surface area contributed by atoms with Gasteiger partial charge in [-0.3, -0.25) is 29.0 Å². The molecule has 4 aliphatic rings. The summed E-state index contributed by atoms with van der Waals surface area (Å²) in [6.45, 7) is 5.29. The van der Waals surface area contributed by atoms with Crippen LogP contribution in [0.2, 0.25) is 0 Å². The maximum Gasteiger partial charge on any atom is 0.261 e. The van der Waals surface area contributed by atoms with Gasteiger partial charge in [0.25, 0.3) is 23.6 Å². The quantitative estimate of drug-likeness (QED) is 0.124. The van der Waals surface area contributed by atoms with Gasteiger partial charge in [0.15, 0.2) is 0 Å². The molecule has 52 heavy (non-hydrogen) atoms. The Morgan fingerprint density at radius 2 is 1.15 bits per heavy atom. The zero-order valence-electron chi connectivity index (χ0n) is 30.8. The largest absolute Gasteiger partial charge is 0.275 e. The maximum atomic E-state index is 13.9. The molecule has 3 aromatic rings. The summed E-state index contributed by atoms with van der Waals surface area (Å²) >= 11 is 0. The third-order valence-electron chi connectivity index (χ3n) is 11.2. The molecule has 2 aliphatic carbocycles. The molecule has 0 saturated heterocycles. The highest BCUT2D eigenvalue weighted by Crippen LogP contribution is 2.45. The summed E-state index contributed by atoms with van der Waals surface area (Å²) in [6, 6.07) is 18.1. The summed E-state index contributed by atoms with van der Waals surface area (Å²) < 4.78 is 0. The van der Waals surface area contributed by atoms with Crippen LogP contribution in [0.15, 0.2) is 95.1 Å². The molecule has 6 heteroatoms. The first-order chi connectivity index (χ1) is 25.4. The minimum Gasteiger partial charge on any atom is -0.275 e. The van der Waals surface area contributed by atoms with Crippen molar-refractivity contribution in [2.75, 3.05) is 13.1 Å². The average molecular weight is 695 g/mol. The number of nitrogens with zero attached hydrogens (tertiary/aromatic N) is 2. The number of carbonyl (C=O) groups excluding carboxylic acids is 4. The number of allylic oxidation sites excluding steroid dienone is 5. The Labute approximate surface area is 308 Å². The summed E-state index contributed by atoms with van der Waals surface area (Å²) in [6.07, 6.45) is 19.9. The molecular formula is C46H50N2O4. The number of carbonyl (C=O) groups is 4. The fourth-order valence-corrected chi connectivity index (χ4v) is 8.45. The Morgan fingerprint density at radius 3 is 1.85 bits per heavy atom. The number of hydrogen-bond acceptors (Lipinski definition) is 4. The summed E-state index contributed by atoms with van der Waals surface area (Å²) in [5, 5.41) is 1.63. The van der Waals surface area contributed by atoms with Gasteiger partial charge in [0, 0.05) is 46.3 Å². The highest BCUT2D eigenvalue weighted by Gasteiger charge is 2.40. The predicted octanol–water partition coefficient (Wildman–Crippen LogP) is 10.5. The van der Waals surface area contributed by atoms with Crippen LogP contribution in [0.1, 0.15) is 130 Å². The van der Waals surface area contributed by atoms with Gasteiger partial charge >= 0.3 is 0 Å². The Morgan fingerprint density at radius 1 is 0.558 bits per heavy atom. The molecular weight excluding hydrogens is 645 g/mol. The van der Waals surface area contributed by atoms with Gasteiger partial charge < -0.3 is 0 Å². The van der Waals surface area contributed by atoms with Crippen LogP contribution in [0.4, 0.5) is 0 Å². The minimum absolute atomic E-state index is 0.122. The molecule has 0 fully saturated rings. The van der Waals surface area contributed by atoms with Crippen molar-refractivity contribution < 1.29 is 19.2 Å². The van der Waals surface area contributed by atoms with Crippen LogP contribution in [0.25, 0.3) is 27.5 Å². The topological polar surface area (TPSA) is 74.8 Å². The normalized spacial score (nSPS) is 18.8. The second-order valence-electron chi connectivity index (χ2n) is 14.7. The lowest BCUT2D eigenvalue weighted by molar-refractivity contribution is -0.140. The molecule has 7 rings (SSSR count). The van der Waals surface area contributed by atoms with Crippen molar-refractivity contribution in [2.24, 2.45) is 0 Å². The smallest absolute Gasteiger partial charge is 0.261 e. The van der Waals surface area contributed by atoms with E-state index in [1.807, 2.05) is 36.4 Å². The first-order valence-electron chi connectivity index (χ1n) is 19.7. The number of rotatable bonds is 14. The Hall–Kier alpha value is -4.84. The second-order valence-corrected chi connectivity index (χ2v) is 14.7. The monoisotopic (exact) mass is 694 g/mol. The standard InChI is InChI=1S/C46H50N2O4/c1-3-5-7-9-14-29-47-43(49)37-18-13-11-12-17-35-33(25-27-39(41(35)37)45(47)51)31-21-23-32(24-22-31)34-26-28-40-42-36(34)19-16-20-38(42)44(50)48(46(40)52)30-15-10-8-6-4-2/h12,16-24,26,28H,3-11,13-15,25,27,29-30H2,1-2H3/b17-12-,37-18-. The Balaban J connectivity index is 1.18. The van der Waals surface area contributed by atoms with E-state index in [1.54, 1.807) is 0 Å². The van der Waals surface area contributed by atoms with E-state index in [4.69, 9.17) is 0 Å². The van der Waals surface area contributed by atoms with Crippen molar-refractivity contribution in [3.05, 3.63) is 112 Å². The third-order valence-corrected chi connectivity index (χ3v) is 11.2. The number of amides is 4. The van der Waals surface area contributed by atoms with Gasteiger partial charge in [-0.05, 0) is 83.9 Å². The molecule has 0 atom stereocenters. The molecule has 0 radical (unpaired) electrons. The lowest BCUT2D eigenvalue weighted by atomic mass is 9.76. The molecule has 0 aromatic heterocycles. The number of benzene rings is 3. The summed E-state index contributed by atoms with van der Waals surface area (Å²) in [4.78, 5) is 57.8.